The molecule has 7 nitrogen and oxygen atoms in total. The van der Waals surface area contributed by atoms with E-state index in [0.29, 0.717) is 25.5 Å². The molecule has 7 heteroatoms. The minimum Gasteiger partial charge on any atom is -0.493 e. The molecule has 156 valence electrons. The number of carbonyl (C=O) groups is 1. The Bertz CT molecular complexity index is 988. The first-order valence-corrected chi connectivity index (χ1v) is 9.67. The molecule has 0 saturated carbocycles. The summed E-state index contributed by atoms with van der Waals surface area (Å²) in [5, 5.41) is 11.5. The van der Waals surface area contributed by atoms with Gasteiger partial charge in [0.15, 0.2) is 5.43 Å². The number of methoxy groups -OCH3 is 1. The minimum absolute atomic E-state index is 0.235. The van der Waals surface area contributed by atoms with Crippen molar-refractivity contribution in [3.63, 3.8) is 0 Å². The van der Waals surface area contributed by atoms with Crippen LogP contribution >= 0.6 is 0 Å². The number of pyridine rings is 1. The molecule has 0 bridgehead atoms. The summed E-state index contributed by atoms with van der Waals surface area (Å²) >= 11 is 0. The average molecular weight is 400 g/mol. The molecule has 2 heterocycles. The molecule has 0 aliphatic carbocycles. The van der Waals surface area contributed by atoms with E-state index in [-0.39, 0.29) is 11.1 Å². The van der Waals surface area contributed by atoms with Crippen LogP contribution in [0, 0.1) is 6.92 Å². The molecule has 0 amide bonds. The van der Waals surface area contributed by atoms with Crippen molar-refractivity contribution in [1.82, 2.24) is 4.68 Å². The lowest BCUT2D eigenvalue weighted by Gasteiger charge is -2.44. The van der Waals surface area contributed by atoms with E-state index in [4.69, 9.17) is 9.47 Å². The van der Waals surface area contributed by atoms with Crippen molar-refractivity contribution in [2.45, 2.75) is 46.2 Å². The second-order valence-corrected chi connectivity index (χ2v) is 8.28. The predicted molar refractivity (Wildman–Crippen MR) is 111 cm³/mol. The van der Waals surface area contributed by atoms with E-state index in [0.717, 1.165) is 28.9 Å². The Morgan fingerprint density at radius 2 is 1.93 bits per heavy atom. The van der Waals surface area contributed by atoms with Crippen LogP contribution in [0.25, 0.3) is 11.3 Å². The number of aryl methyl sites for hydroxylation is 1. The maximum absolute atomic E-state index is 12.4. The lowest BCUT2D eigenvalue weighted by molar-refractivity contribution is 0.0694. The maximum Gasteiger partial charge on any atom is 0.341 e. The molecule has 0 radical (unpaired) electrons. The van der Waals surface area contributed by atoms with Crippen LogP contribution in [-0.2, 0) is 11.3 Å². The lowest BCUT2D eigenvalue weighted by atomic mass is 9.95. The third-order valence-electron chi connectivity index (χ3n) is 5.04. The van der Waals surface area contributed by atoms with Gasteiger partial charge in [-0.1, -0.05) is 0 Å². The molecule has 1 aliphatic heterocycles. The molecule has 1 aromatic heterocycles. The molecule has 0 atom stereocenters. The molecule has 3 rings (SSSR count). The molecule has 1 N–H and O–H groups in total. The van der Waals surface area contributed by atoms with Gasteiger partial charge in [-0.05, 0) is 51.0 Å². The number of fused-ring (bicyclic) bond motifs is 3. The zero-order valence-electron chi connectivity index (χ0n) is 17.6. The van der Waals surface area contributed by atoms with Crippen LogP contribution in [-0.4, -0.2) is 41.6 Å². The highest BCUT2D eigenvalue weighted by Crippen LogP contribution is 2.36. The summed E-state index contributed by atoms with van der Waals surface area (Å²) in [5.74, 6) is -0.410. The summed E-state index contributed by atoms with van der Waals surface area (Å²) in [6.07, 6.45) is 2.23. The largest absolute Gasteiger partial charge is 0.493 e. The van der Waals surface area contributed by atoms with Crippen LogP contribution in [0.2, 0.25) is 0 Å². The lowest BCUT2D eigenvalue weighted by Crippen LogP contribution is -2.51. The summed E-state index contributed by atoms with van der Waals surface area (Å²) in [7, 11) is 1.67. The van der Waals surface area contributed by atoms with Crippen LogP contribution in [0.3, 0.4) is 0 Å². The van der Waals surface area contributed by atoms with Crippen LogP contribution < -0.4 is 15.2 Å². The van der Waals surface area contributed by atoms with Crippen LogP contribution in [0.1, 0.15) is 48.7 Å². The SMILES string of the molecule is COCCCOc1cc2c(cc1C)-c1cc(=O)c(C(=O)O)cn1N(C(C)(C)C)C2. The van der Waals surface area contributed by atoms with Crippen LogP contribution in [0.4, 0.5) is 0 Å². The van der Waals surface area contributed by atoms with E-state index in [1.54, 1.807) is 11.8 Å². The first kappa shape index (κ1) is 20.9. The fourth-order valence-corrected chi connectivity index (χ4v) is 3.52. The molecule has 0 fully saturated rings. The monoisotopic (exact) mass is 400 g/mol. The summed E-state index contributed by atoms with van der Waals surface area (Å²) in [6.45, 7) is 9.90. The number of benzene rings is 1. The Hall–Kier alpha value is -2.80. The van der Waals surface area contributed by atoms with Crippen molar-refractivity contribution in [1.29, 1.82) is 0 Å². The van der Waals surface area contributed by atoms with Gasteiger partial charge >= 0.3 is 5.97 Å². The zero-order chi connectivity index (χ0) is 21.3. The number of nitrogens with zero attached hydrogens (tertiary/aromatic N) is 2. The number of aromatic carboxylic acids is 1. The van der Waals surface area contributed by atoms with Gasteiger partial charge in [-0.15, -0.1) is 0 Å². The molecule has 29 heavy (non-hydrogen) atoms. The van der Waals surface area contributed by atoms with Crippen molar-refractivity contribution in [3.8, 4) is 17.0 Å². The van der Waals surface area contributed by atoms with Gasteiger partial charge in [0.2, 0.25) is 0 Å². The number of hydrogen-bond acceptors (Lipinski definition) is 5. The molecule has 1 aromatic carbocycles. The van der Waals surface area contributed by atoms with Crippen molar-refractivity contribution in [2.24, 2.45) is 0 Å². The Morgan fingerprint density at radius 3 is 2.55 bits per heavy atom. The molecule has 0 spiro atoms. The van der Waals surface area contributed by atoms with E-state index in [2.05, 4.69) is 25.8 Å². The Kier molecular flexibility index (Phi) is 5.71. The maximum atomic E-state index is 12.4. The topological polar surface area (TPSA) is 81.0 Å². The van der Waals surface area contributed by atoms with Crippen LogP contribution in [0.5, 0.6) is 5.75 Å². The van der Waals surface area contributed by atoms with Gasteiger partial charge in [-0.2, -0.15) is 0 Å². The first-order chi connectivity index (χ1) is 13.6. The molecule has 0 saturated heterocycles. The number of hydrogen-bond donors (Lipinski definition) is 1. The molecular weight excluding hydrogens is 372 g/mol. The minimum atomic E-state index is -1.22. The van der Waals surface area contributed by atoms with E-state index in [9.17, 15) is 14.7 Å². The van der Waals surface area contributed by atoms with E-state index >= 15 is 0 Å². The standard InChI is InChI=1S/C22H28N2O5/c1-14-9-16-15(10-20(14)29-8-6-7-28-5)12-24(22(2,3)4)23-13-17(21(26)27)19(25)11-18(16)23/h9-11,13H,6-8,12H2,1-5H3,(H,26,27). The van der Waals surface area contributed by atoms with Gasteiger partial charge in [-0.3, -0.25) is 9.47 Å². The van der Waals surface area contributed by atoms with Gasteiger partial charge in [0.1, 0.15) is 11.3 Å². The number of aromatic nitrogens is 1. The predicted octanol–water partition coefficient (Wildman–Crippen LogP) is 3.19. The van der Waals surface area contributed by atoms with Gasteiger partial charge in [0, 0.05) is 43.5 Å². The second-order valence-electron chi connectivity index (χ2n) is 8.28. The summed E-state index contributed by atoms with van der Waals surface area (Å²) < 4.78 is 12.8. The van der Waals surface area contributed by atoms with E-state index < -0.39 is 11.4 Å². The smallest absolute Gasteiger partial charge is 0.341 e. The molecule has 0 unspecified atom stereocenters. The molecule has 1 aliphatic rings. The van der Waals surface area contributed by atoms with E-state index in [1.165, 1.54) is 12.3 Å². The Morgan fingerprint density at radius 1 is 1.21 bits per heavy atom. The number of carboxylic acid groups (broad SMARTS) is 1. The quantitative estimate of drug-likeness (QED) is 0.750. The normalized spacial score (nSPS) is 13.1. The fraction of sp³-hybridized carbons (Fsp3) is 0.455. The second kappa shape index (κ2) is 7.91. The summed E-state index contributed by atoms with van der Waals surface area (Å²) in [6, 6.07) is 5.45. The van der Waals surface area contributed by atoms with Gasteiger partial charge in [0.25, 0.3) is 0 Å². The first-order valence-electron chi connectivity index (χ1n) is 9.67. The van der Waals surface area contributed by atoms with Crippen LogP contribution in [0.15, 0.2) is 29.2 Å². The number of ether oxygens (including phenoxy) is 2. The van der Waals surface area contributed by atoms with Gasteiger partial charge in [0.05, 0.1) is 18.8 Å². The fourth-order valence-electron chi connectivity index (χ4n) is 3.52. The Labute approximate surface area is 170 Å². The van der Waals surface area contributed by atoms with Gasteiger partial charge < -0.3 is 19.6 Å². The highest BCUT2D eigenvalue weighted by atomic mass is 16.5. The van der Waals surface area contributed by atoms with Crippen molar-refractivity contribution >= 4 is 5.97 Å². The number of carboxylic acids is 1. The third kappa shape index (κ3) is 4.15. The highest BCUT2D eigenvalue weighted by molar-refractivity contribution is 5.88. The summed E-state index contributed by atoms with van der Waals surface area (Å²) in [5.41, 5.74) is 2.58. The molecule has 2 aromatic rings. The van der Waals surface area contributed by atoms with Crippen molar-refractivity contribution < 1.29 is 19.4 Å². The van der Waals surface area contributed by atoms with Crippen molar-refractivity contribution in [3.05, 3.63) is 51.3 Å². The molecular formula is C22H28N2O5. The summed E-state index contributed by atoms with van der Waals surface area (Å²) in [4.78, 5) is 23.9. The van der Waals surface area contributed by atoms with Crippen molar-refractivity contribution in [2.75, 3.05) is 25.3 Å². The zero-order valence-corrected chi connectivity index (χ0v) is 17.6. The highest BCUT2D eigenvalue weighted by Gasteiger charge is 2.31. The Balaban J connectivity index is 2.11. The van der Waals surface area contributed by atoms with E-state index in [1.807, 2.05) is 19.1 Å². The van der Waals surface area contributed by atoms with Gasteiger partial charge in [-0.25, -0.2) is 4.79 Å². The average Bonchev–Trinajstić information content (AvgIpc) is 2.63. The third-order valence-corrected chi connectivity index (χ3v) is 5.04. The number of rotatable bonds is 6.